The number of phenols is 1. The first-order chi connectivity index (χ1) is 14.3. The molecule has 174 valence electrons. The minimum absolute atomic E-state index is 0.135. The van der Waals surface area contributed by atoms with E-state index in [4.69, 9.17) is 29.0 Å². The van der Waals surface area contributed by atoms with Crippen molar-refractivity contribution < 1.29 is 48.1 Å². The van der Waals surface area contributed by atoms with Crippen LogP contribution in [0.2, 0.25) is 0 Å². The van der Waals surface area contributed by atoms with E-state index in [0.29, 0.717) is 36.1 Å². The van der Waals surface area contributed by atoms with Crippen molar-refractivity contribution in [1.29, 1.82) is 0 Å². The Bertz CT molecular complexity index is 937. The Morgan fingerprint density at radius 2 is 1.84 bits per heavy atom. The molecular formula is C19H28O10P2. The van der Waals surface area contributed by atoms with Crippen molar-refractivity contribution in [3.05, 3.63) is 34.4 Å². The summed E-state index contributed by atoms with van der Waals surface area (Å²) in [6, 6.07) is 1.38. The molecule has 2 rings (SSSR count). The molecule has 0 bridgehead atoms. The van der Waals surface area contributed by atoms with Gasteiger partial charge in [0.2, 0.25) is 0 Å². The van der Waals surface area contributed by atoms with Crippen molar-refractivity contribution in [3.8, 4) is 11.5 Å². The second-order valence-electron chi connectivity index (χ2n) is 7.60. The minimum atomic E-state index is -4.90. The number of rotatable bonds is 10. The molecule has 31 heavy (non-hydrogen) atoms. The van der Waals surface area contributed by atoms with Gasteiger partial charge >= 0.3 is 21.2 Å². The zero-order chi connectivity index (χ0) is 23.6. The van der Waals surface area contributed by atoms with Crippen LogP contribution in [0.5, 0.6) is 11.5 Å². The Morgan fingerprint density at radius 3 is 2.39 bits per heavy atom. The minimum Gasteiger partial charge on any atom is -0.507 e. The van der Waals surface area contributed by atoms with Crippen LogP contribution in [0.1, 0.15) is 66.6 Å². The summed E-state index contributed by atoms with van der Waals surface area (Å²) in [6.07, 6.45) is 2.63. The number of methoxy groups -OCH3 is 1. The first-order valence-corrected chi connectivity index (χ1v) is 13.0. The second kappa shape index (κ2) is 9.86. The Morgan fingerprint density at radius 1 is 1.23 bits per heavy atom. The van der Waals surface area contributed by atoms with E-state index in [1.54, 1.807) is 6.92 Å². The fraction of sp³-hybridized carbons (Fsp3) is 0.526. The number of hydrogen-bond acceptors (Lipinski definition) is 6. The van der Waals surface area contributed by atoms with E-state index < -0.39 is 32.7 Å². The number of aromatic hydroxyl groups is 1. The first-order valence-electron chi connectivity index (χ1n) is 9.64. The number of cyclic esters (lactones) is 1. The third-order valence-corrected chi connectivity index (χ3v) is 9.18. The van der Waals surface area contributed by atoms with E-state index in [1.165, 1.54) is 13.2 Å². The lowest BCUT2D eigenvalue weighted by molar-refractivity contribution is 0.0389. The topological polar surface area (TPSA) is 171 Å². The molecule has 5 N–H and O–H groups in total. The van der Waals surface area contributed by atoms with Gasteiger partial charge in [-0.05, 0) is 38.7 Å². The van der Waals surface area contributed by atoms with Crippen molar-refractivity contribution in [2.75, 3.05) is 7.11 Å². The summed E-state index contributed by atoms with van der Waals surface area (Å²) in [7, 11) is -8.33. The lowest BCUT2D eigenvalue weighted by Gasteiger charge is -2.19. The third kappa shape index (κ3) is 6.19. The van der Waals surface area contributed by atoms with Gasteiger partial charge in [-0.1, -0.05) is 18.1 Å². The third-order valence-electron chi connectivity index (χ3n) is 5.30. The SMILES string of the molecule is COc1cc(O)c2c(c1C)C(CC=C(C)CCCCC(P(=O)(O)O)P(=O)(O)O)OC2=O. The number of benzene rings is 1. The van der Waals surface area contributed by atoms with Crippen LogP contribution in [0.4, 0.5) is 0 Å². The molecule has 0 saturated carbocycles. The summed E-state index contributed by atoms with van der Waals surface area (Å²) in [6.45, 7) is 3.62. The number of phenolic OH excluding ortho intramolecular Hbond substituents is 1. The standard InChI is InChI=1S/C19H28O10P2/c1-11(6-4-5-7-16(30(22,23)24)31(25,26)27)8-9-14-17-12(2)15(28-3)10-13(20)18(17)19(21)29-14/h8,10,14,16,20H,4-7,9H2,1-3H3,(H2,22,23,24)(H2,25,26,27). The number of ether oxygens (including phenoxy) is 2. The molecule has 1 atom stereocenters. The summed E-state index contributed by atoms with van der Waals surface area (Å²) < 4.78 is 33.2. The fourth-order valence-electron chi connectivity index (χ4n) is 3.68. The molecule has 0 fully saturated rings. The van der Waals surface area contributed by atoms with Crippen LogP contribution in [0, 0.1) is 6.92 Å². The van der Waals surface area contributed by atoms with E-state index in [1.807, 2.05) is 13.0 Å². The highest BCUT2D eigenvalue weighted by Gasteiger charge is 2.42. The normalized spacial score (nSPS) is 17.1. The molecule has 0 aromatic heterocycles. The van der Waals surface area contributed by atoms with E-state index in [0.717, 1.165) is 5.57 Å². The van der Waals surface area contributed by atoms with Crippen LogP contribution in [0.15, 0.2) is 17.7 Å². The number of allylic oxidation sites excluding steroid dienone is 1. The van der Waals surface area contributed by atoms with Gasteiger partial charge in [0.25, 0.3) is 0 Å². The molecule has 0 amide bonds. The van der Waals surface area contributed by atoms with E-state index in [9.17, 15) is 19.0 Å². The van der Waals surface area contributed by atoms with Crippen molar-refractivity contribution in [1.82, 2.24) is 0 Å². The highest BCUT2D eigenvalue weighted by Crippen LogP contribution is 2.61. The molecule has 1 unspecified atom stereocenters. The maximum atomic E-state index is 12.2. The molecule has 1 aromatic carbocycles. The van der Waals surface area contributed by atoms with Crippen LogP contribution >= 0.6 is 15.2 Å². The van der Waals surface area contributed by atoms with Gasteiger partial charge in [0.05, 0.1) is 7.11 Å². The van der Waals surface area contributed by atoms with Crippen LogP contribution in [-0.4, -0.2) is 43.2 Å². The summed E-state index contributed by atoms with van der Waals surface area (Å²) in [5.41, 5.74) is 2.35. The average molecular weight is 478 g/mol. The highest BCUT2D eigenvalue weighted by molar-refractivity contribution is 7.70. The Kier molecular flexibility index (Phi) is 8.14. The fourth-order valence-corrected chi connectivity index (χ4v) is 6.28. The van der Waals surface area contributed by atoms with Crippen LogP contribution < -0.4 is 4.74 Å². The smallest absolute Gasteiger partial charge is 0.342 e. The van der Waals surface area contributed by atoms with Crippen LogP contribution in [-0.2, 0) is 13.9 Å². The van der Waals surface area contributed by atoms with Gasteiger partial charge in [0.15, 0.2) is 5.40 Å². The van der Waals surface area contributed by atoms with Crippen molar-refractivity contribution >= 4 is 21.2 Å². The lowest BCUT2D eigenvalue weighted by Crippen LogP contribution is -2.09. The number of hydrogen-bond donors (Lipinski definition) is 5. The molecule has 1 aromatic rings. The predicted molar refractivity (Wildman–Crippen MR) is 112 cm³/mol. The quantitative estimate of drug-likeness (QED) is 0.145. The van der Waals surface area contributed by atoms with E-state index in [-0.39, 0.29) is 24.2 Å². The van der Waals surface area contributed by atoms with Gasteiger partial charge in [-0.25, -0.2) is 4.79 Å². The van der Waals surface area contributed by atoms with Gasteiger partial charge in [-0.15, -0.1) is 0 Å². The molecule has 0 saturated heterocycles. The van der Waals surface area contributed by atoms with Gasteiger partial charge in [0.1, 0.15) is 23.2 Å². The van der Waals surface area contributed by atoms with Gasteiger partial charge in [0, 0.05) is 18.1 Å². The molecule has 1 aliphatic rings. The average Bonchev–Trinajstić information content (AvgIpc) is 2.97. The second-order valence-corrected chi connectivity index (χ2v) is 11.6. The molecule has 1 aliphatic heterocycles. The monoisotopic (exact) mass is 478 g/mol. The molecule has 0 radical (unpaired) electrons. The summed E-state index contributed by atoms with van der Waals surface area (Å²) >= 11 is 0. The zero-order valence-corrected chi connectivity index (χ0v) is 19.3. The van der Waals surface area contributed by atoms with Crippen molar-refractivity contribution in [2.45, 2.75) is 57.5 Å². The van der Waals surface area contributed by atoms with Gasteiger partial charge in [-0.3, -0.25) is 9.13 Å². The number of esters is 1. The Balaban J connectivity index is 1.99. The largest absolute Gasteiger partial charge is 0.507 e. The van der Waals surface area contributed by atoms with Gasteiger partial charge < -0.3 is 34.2 Å². The first kappa shape index (κ1) is 25.6. The number of carbonyl (C=O) groups excluding carboxylic acids is 1. The molecule has 12 heteroatoms. The number of unbranched alkanes of at least 4 members (excludes halogenated alkanes) is 1. The van der Waals surface area contributed by atoms with Crippen molar-refractivity contribution in [2.24, 2.45) is 0 Å². The molecular weight excluding hydrogens is 450 g/mol. The number of carbonyl (C=O) groups is 1. The maximum Gasteiger partial charge on any atom is 0.342 e. The molecule has 10 nitrogen and oxygen atoms in total. The maximum absolute atomic E-state index is 12.2. The van der Waals surface area contributed by atoms with Crippen LogP contribution in [0.3, 0.4) is 0 Å². The zero-order valence-electron chi connectivity index (χ0n) is 17.5. The summed E-state index contributed by atoms with van der Waals surface area (Å²) in [4.78, 5) is 48.7. The Hall–Kier alpha value is -1.67. The Labute approximate surface area is 180 Å². The molecule has 0 spiro atoms. The van der Waals surface area contributed by atoms with Crippen LogP contribution in [0.25, 0.3) is 0 Å². The van der Waals surface area contributed by atoms with Crippen molar-refractivity contribution in [3.63, 3.8) is 0 Å². The molecule has 0 aliphatic carbocycles. The van der Waals surface area contributed by atoms with Gasteiger partial charge in [-0.2, -0.15) is 0 Å². The predicted octanol–water partition coefficient (Wildman–Crippen LogP) is 3.50. The molecule has 1 heterocycles. The summed E-state index contributed by atoms with van der Waals surface area (Å²) in [5, 5.41) is 8.15. The lowest BCUT2D eigenvalue weighted by atomic mass is 9.95. The number of fused-ring (bicyclic) bond motifs is 1. The summed E-state index contributed by atoms with van der Waals surface area (Å²) in [5.74, 6) is -0.351. The van der Waals surface area contributed by atoms with E-state index in [2.05, 4.69) is 0 Å². The highest BCUT2D eigenvalue weighted by atomic mass is 31.2. The van der Waals surface area contributed by atoms with E-state index >= 15 is 0 Å².